The lowest BCUT2D eigenvalue weighted by Crippen LogP contribution is -2.26. The van der Waals surface area contributed by atoms with Crippen molar-refractivity contribution in [3.63, 3.8) is 0 Å². The Morgan fingerprint density at radius 2 is 2.00 bits per heavy atom. The Balaban J connectivity index is 2.91. The van der Waals surface area contributed by atoms with Gasteiger partial charge in [0.1, 0.15) is 5.75 Å². The zero-order valence-corrected chi connectivity index (χ0v) is 9.40. The molecule has 16 heavy (non-hydrogen) atoms. The highest BCUT2D eigenvalue weighted by Crippen LogP contribution is 2.26. The van der Waals surface area contributed by atoms with Gasteiger partial charge in [-0.3, -0.25) is 4.79 Å². The summed E-state index contributed by atoms with van der Waals surface area (Å²) in [4.78, 5) is 10.9. The van der Waals surface area contributed by atoms with E-state index in [0.717, 1.165) is 5.56 Å². The molecule has 0 aliphatic heterocycles. The summed E-state index contributed by atoms with van der Waals surface area (Å²) < 4.78 is 0. The van der Waals surface area contributed by atoms with Gasteiger partial charge in [0.15, 0.2) is 0 Å². The lowest BCUT2D eigenvalue weighted by atomic mass is 9.85. The SMILES string of the molecule is CC(C)(Cc1ccc(CO)c(O)c1)C(=O)O. The molecule has 88 valence electrons. The van der Waals surface area contributed by atoms with Gasteiger partial charge in [0.25, 0.3) is 0 Å². The monoisotopic (exact) mass is 224 g/mol. The molecular formula is C12H16O4. The number of aliphatic hydroxyl groups is 1. The van der Waals surface area contributed by atoms with E-state index in [0.29, 0.717) is 12.0 Å². The van der Waals surface area contributed by atoms with Crippen molar-refractivity contribution in [3.8, 4) is 5.75 Å². The second-order valence-corrected chi connectivity index (χ2v) is 4.49. The molecule has 0 heterocycles. The van der Waals surface area contributed by atoms with Crippen molar-refractivity contribution in [2.75, 3.05) is 0 Å². The van der Waals surface area contributed by atoms with Crippen LogP contribution >= 0.6 is 0 Å². The van der Waals surface area contributed by atoms with Gasteiger partial charge in [-0.1, -0.05) is 12.1 Å². The van der Waals surface area contributed by atoms with Crippen LogP contribution in [0.1, 0.15) is 25.0 Å². The highest BCUT2D eigenvalue weighted by Gasteiger charge is 2.27. The van der Waals surface area contributed by atoms with Crippen molar-refractivity contribution < 1.29 is 20.1 Å². The van der Waals surface area contributed by atoms with Crippen LogP contribution in [0.3, 0.4) is 0 Å². The summed E-state index contributed by atoms with van der Waals surface area (Å²) in [6.07, 6.45) is 0.335. The summed E-state index contributed by atoms with van der Waals surface area (Å²) in [5.41, 5.74) is 0.312. The minimum Gasteiger partial charge on any atom is -0.508 e. The fraction of sp³-hybridized carbons (Fsp3) is 0.417. The molecular weight excluding hydrogens is 208 g/mol. The van der Waals surface area contributed by atoms with E-state index in [1.807, 2.05) is 0 Å². The van der Waals surface area contributed by atoms with Crippen molar-refractivity contribution in [2.24, 2.45) is 5.41 Å². The first-order valence-electron chi connectivity index (χ1n) is 5.02. The molecule has 0 spiro atoms. The second kappa shape index (κ2) is 4.53. The molecule has 1 aromatic carbocycles. The van der Waals surface area contributed by atoms with Gasteiger partial charge in [-0.05, 0) is 31.9 Å². The molecule has 0 saturated carbocycles. The van der Waals surface area contributed by atoms with Crippen LogP contribution in [0.2, 0.25) is 0 Å². The number of phenols is 1. The standard InChI is InChI=1S/C12H16O4/c1-12(2,11(15)16)6-8-3-4-9(7-13)10(14)5-8/h3-5,13-14H,6-7H2,1-2H3,(H,15,16). The van der Waals surface area contributed by atoms with Crippen molar-refractivity contribution in [3.05, 3.63) is 29.3 Å². The number of aliphatic carboxylic acids is 1. The van der Waals surface area contributed by atoms with Gasteiger partial charge in [0, 0.05) is 5.56 Å². The van der Waals surface area contributed by atoms with Gasteiger partial charge in [-0.25, -0.2) is 0 Å². The van der Waals surface area contributed by atoms with Gasteiger partial charge in [-0.2, -0.15) is 0 Å². The molecule has 0 bridgehead atoms. The molecule has 0 atom stereocenters. The van der Waals surface area contributed by atoms with Gasteiger partial charge < -0.3 is 15.3 Å². The fourth-order valence-electron chi connectivity index (χ4n) is 1.44. The third kappa shape index (κ3) is 2.73. The van der Waals surface area contributed by atoms with E-state index in [1.165, 1.54) is 6.07 Å². The van der Waals surface area contributed by atoms with Gasteiger partial charge in [-0.15, -0.1) is 0 Å². The zero-order valence-electron chi connectivity index (χ0n) is 9.40. The number of rotatable bonds is 4. The van der Waals surface area contributed by atoms with Gasteiger partial charge >= 0.3 is 5.97 Å². The molecule has 0 aromatic heterocycles. The Bertz CT molecular complexity index is 396. The topological polar surface area (TPSA) is 77.8 Å². The van der Waals surface area contributed by atoms with E-state index in [9.17, 15) is 9.90 Å². The first-order valence-corrected chi connectivity index (χ1v) is 5.02. The van der Waals surface area contributed by atoms with Crippen LogP contribution in [0.25, 0.3) is 0 Å². The molecule has 4 heteroatoms. The molecule has 3 N–H and O–H groups in total. The molecule has 4 nitrogen and oxygen atoms in total. The lowest BCUT2D eigenvalue weighted by molar-refractivity contribution is -0.146. The molecule has 0 unspecified atom stereocenters. The molecule has 0 radical (unpaired) electrons. The van der Waals surface area contributed by atoms with Crippen molar-refractivity contribution in [2.45, 2.75) is 26.9 Å². The Morgan fingerprint density at radius 3 is 2.44 bits per heavy atom. The van der Waals surface area contributed by atoms with E-state index < -0.39 is 11.4 Å². The predicted molar refractivity (Wildman–Crippen MR) is 59.2 cm³/mol. The maximum Gasteiger partial charge on any atom is 0.309 e. The second-order valence-electron chi connectivity index (χ2n) is 4.49. The van der Waals surface area contributed by atoms with Crippen LogP contribution < -0.4 is 0 Å². The largest absolute Gasteiger partial charge is 0.508 e. The smallest absolute Gasteiger partial charge is 0.309 e. The summed E-state index contributed by atoms with van der Waals surface area (Å²) in [5.74, 6) is -0.876. The highest BCUT2D eigenvalue weighted by molar-refractivity contribution is 5.74. The lowest BCUT2D eigenvalue weighted by Gasteiger charge is -2.19. The first kappa shape index (κ1) is 12.5. The number of carboxylic acid groups (broad SMARTS) is 1. The highest BCUT2D eigenvalue weighted by atomic mass is 16.4. The Labute approximate surface area is 94.2 Å². The van der Waals surface area contributed by atoms with E-state index in [4.69, 9.17) is 10.2 Å². The van der Waals surface area contributed by atoms with Gasteiger partial charge in [0.2, 0.25) is 0 Å². The van der Waals surface area contributed by atoms with Crippen LogP contribution in [-0.2, 0) is 17.8 Å². The number of aliphatic hydroxyl groups excluding tert-OH is 1. The molecule has 1 rings (SSSR count). The van der Waals surface area contributed by atoms with E-state index in [-0.39, 0.29) is 12.4 Å². The van der Waals surface area contributed by atoms with Crippen LogP contribution in [0.15, 0.2) is 18.2 Å². The van der Waals surface area contributed by atoms with E-state index in [1.54, 1.807) is 26.0 Å². The molecule has 0 amide bonds. The number of benzene rings is 1. The summed E-state index contributed by atoms with van der Waals surface area (Å²) in [6.45, 7) is 3.03. The summed E-state index contributed by atoms with van der Waals surface area (Å²) in [5, 5.41) is 27.4. The summed E-state index contributed by atoms with van der Waals surface area (Å²) >= 11 is 0. The van der Waals surface area contributed by atoms with Crippen LogP contribution in [0.5, 0.6) is 5.75 Å². The summed E-state index contributed by atoms with van der Waals surface area (Å²) in [7, 11) is 0. The number of hydrogen-bond acceptors (Lipinski definition) is 3. The Kier molecular flexibility index (Phi) is 3.55. The van der Waals surface area contributed by atoms with Crippen molar-refractivity contribution in [1.82, 2.24) is 0 Å². The van der Waals surface area contributed by atoms with Crippen molar-refractivity contribution >= 4 is 5.97 Å². The third-order valence-corrected chi connectivity index (χ3v) is 2.55. The first-order chi connectivity index (χ1) is 7.36. The third-order valence-electron chi connectivity index (χ3n) is 2.55. The van der Waals surface area contributed by atoms with Crippen LogP contribution in [0.4, 0.5) is 0 Å². The van der Waals surface area contributed by atoms with E-state index in [2.05, 4.69) is 0 Å². The summed E-state index contributed by atoms with van der Waals surface area (Å²) in [6, 6.07) is 4.81. The quantitative estimate of drug-likeness (QED) is 0.725. The van der Waals surface area contributed by atoms with Gasteiger partial charge in [0.05, 0.1) is 12.0 Å². The number of carboxylic acids is 1. The maximum absolute atomic E-state index is 10.9. The maximum atomic E-state index is 10.9. The predicted octanol–water partition coefficient (Wildman–Crippen LogP) is 1.54. The number of carbonyl (C=O) groups is 1. The van der Waals surface area contributed by atoms with Crippen molar-refractivity contribution in [1.29, 1.82) is 0 Å². The normalized spacial score (nSPS) is 11.4. The molecule has 0 aliphatic carbocycles. The zero-order chi connectivity index (χ0) is 12.3. The average Bonchev–Trinajstić information content (AvgIpc) is 2.17. The number of hydrogen-bond donors (Lipinski definition) is 3. The fourth-order valence-corrected chi connectivity index (χ4v) is 1.44. The molecule has 1 aromatic rings. The average molecular weight is 224 g/mol. The Hall–Kier alpha value is -1.55. The Morgan fingerprint density at radius 1 is 1.38 bits per heavy atom. The minimum atomic E-state index is -0.877. The molecule has 0 aliphatic rings. The van der Waals surface area contributed by atoms with E-state index >= 15 is 0 Å². The van der Waals surface area contributed by atoms with Crippen LogP contribution in [-0.4, -0.2) is 21.3 Å². The molecule has 0 saturated heterocycles. The number of aromatic hydroxyl groups is 1. The minimum absolute atomic E-state index is 0.00110. The van der Waals surface area contributed by atoms with Crippen LogP contribution in [0, 0.1) is 5.41 Å². The molecule has 0 fully saturated rings.